The fourth-order valence-corrected chi connectivity index (χ4v) is 3.95. The van der Waals surface area contributed by atoms with Crippen LogP contribution in [0.3, 0.4) is 0 Å². The van der Waals surface area contributed by atoms with Gasteiger partial charge in [0.25, 0.3) is 5.91 Å². The molecule has 0 bridgehead atoms. The smallest absolute Gasteiger partial charge is 0.276 e. The molecule has 1 aromatic heterocycles. The molecule has 0 aromatic carbocycles. The lowest BCUT2D eigenvalue weighted by Gasteiger charge is -2.37. The third-order valence-electron chi connectivity index (χ3n) is 5.16. The molecular weight excluding hydrogens is 282 g/mol. The highest BCUT2D eigenvalue weighted by atomic mass is 16.5. The Bertz CT molecular complexity index is 540. The van der Waals surface area contributed by atoms with E-state index in [2.05, 4.69) is 15.6 Å². The molecule has 0 spiro atoms. The van der Waals surface area contributed by atoms with Crippen LogP contribution in [0.5, 0.6) is 0 Å². The van der Waals surface area contributed by atoms with Crippen LogP contribution in [0.25, 0.3) is 0 Å². The molecule has 2 atom stereocenters. The monoisotopic (exact) mass is 305 g/mol. The first-order valence-corrected chi connectivity index (χ1v) is 8.38. The number of carbonyl (C=O) groups excluding carboxylic acids is 1. The Morgan fingerprint density at radius 1 is 1.27 bits per heavy atom. The number of hydrogen-bond acceptors (Lipinski definition) is 5. The number of carbonyl (C=O) groups is 1. The van der Waals surface area contributed by atoms with Gasteiger partial charge in [0.1, 0.15) is 0 Å². The number of fused-ring (bicyclic) bond motifs is 1. The fraction of sp³-hybridized carbons (Fsp3) is 0.800. The minimum atomic E-state index is 0.0142. The second-order valence-electron chi connectivity index (χ2n) is 6.47. The Kier molecular flexibility index (Phi) is 3.83. The first-order chi connectivity index (χ1) is 10.8. The van der Waals surface area contributed by atoms with Gasteiger partial charge in [0.05, 0.1) is 31.0 Å². The summed E-state index contributed by atoms with van der Waals surface area (Å²) in [7, 11) is 0. The average molecular weight is 305 g/mol. The van der Waals surface area contributed by atoms with Gasteiger partial charge < -0.3 is 15.0 Å². The summed E-state index contributed by atoms with van der Waals surface area (Å²) in [6, 6.07) is 0.587. The van der Waals surface area contributed by atoms with Crippen molar-refractivity contribution in [3.8, 4) is 0 Å². The van der Waals surface area contributed by atoms with Crippen LogP contribution < -0.4 is 5.32 Å². The zero-order valence-corrected chi connectivity index (χ0v) is 12.8. The van der Waals surface area contributed by atoms with Crippen molar-refractivity contribution < 1.29 is 9.53 Å². The molecule has 2 aliphatic heterocycles. The predicted molar refractivity (Wildman–Crippen MR) is 79.6 cm³/mol. The molecule has 120 valence electrons. The third-order valence-corrected chi connectivity index (χ3v) is 5.16. The van der Waals surface area contributed by atoms with Crippen molar-refractivity contribution >= 4 is 5.91 Å². The molecule has 7 heteroatoms. The summed E-state index contributed by atoms with van der Waals surface area (Å²) in [6.07, 6.45) is 7.38. The minimum Gasteiger partial charge on any atom is -0.374 e. The SMILES string of the molecule is O=C(c1cn(C2CCNCC2)nn1)N1CCOC2CCCC21. The van der Waals surface area contributed by atoms with Crippen molar-refractivity contribution in [2.24, 2.45) is 0 Å². The molecule has 0 radical (unpaired) electrons. The van der Waals surface area contributed by atoms with E-state index in [0.29, 0.717) is 24.9 Å². The predicted octanol–water partition coefficient (Wildman–Crippen LogP) is 0.596. The highest BCUT2D eigenvalue weighted by molar-refractivity contribution is 5.92. The van der Waals surface area contributed by atoms with Crippen molar-refractivity contribution in [2.45, 2.75) is 50.3 Å². The molecule has 2 saturated heterocycles. The normalized spacial score (nSPS) is 29.5. The number of morpholine rings is 1. The zero-order chi connectivity index (χ0) is 14.9. The lowest BCUT2D eigenvalue weighted by atomic mass is 10.1. The van der Waals surface area contributed by atoms with E-state index in [4.69, 9.17) is 4.74 Å². The van der Waals surface area contributed by atoms with Gasteiger partial charge in [0.15, 0.2) is 5.69 Å². The van der Waals surface area contributed by atoms with Crippen LogP contribution in [0.2, 0.25) is 0 Å². The van der Waals surface area contributed by atoms with Gasteiger partial charge in [-0.05, 0) is 45.2 Å². The number of nitrogens with one attached hydrogen (secondary N) is 1. The molecule has 4 rings (SSSR count). The number of piperidine rings is 1. The fourth-order valence-electron chi connectivity index (χ4n) is 3.95. The van der Waals surface area contributed by atoms with E-state index in [-0.39, 0.29) is 18.1 Å². The summed E-state index contributed by atoms with van der Waals surface area (Å²) >= 11 is 0. The van der Waals surface area contributed by atoms with Gasteiger partial charge in [-0.1, -0.05) is 5.21 Å². The van der Waals surface area contributed by atoms with Crippen LogP contribution in [-0.4, -0.2) is 64.2 Å². The van der Waals surface area contributed by atoms with Gasteiger partial charge >= 0.3 is 0 Å². The van der Waals surface area contributed by atoms with Crippen LogP contribution in [0, 0.1) is 0 Å². The zero-order valence-electron chi connectivity index (χ0n) is 12.8. The van der Waals surface area contributed by atoms with Crippen molar-refractivity contribution in [3.63, 3.8) is 0 Å². The molecule has 1 saturated carbocycles. The van der Waals surface area contributed by atoms with Gasteiger partial charge in [-0.3, -0.25) is 4.79 Å². The number of amides is 1. The summed E-state index contributed by atoms with van der Waals surface area (Å²) in [5, 5.41) is 11.7. The Hall–Kier alpha value is -1.47. The van der Waals surface area contributed by atoms with Crippen molar-refractivity contribution in [1.82, 2.24) is 25.2 Å². The topological polar surface area (TPSA) is 72.3 Å². The number of rotatable bonds is 2. The van der Waals surface area contributed by atoms with Crippen LogP contribution in [-0.2, 0) is 4.74 Å². The summed E-state index contributed by atoms with van der Waals surface area (Å²) < 4.78 is 7.65. The van der Waals surface area contributed by atoms with E-state index in [1.54, 1.807) is 0 Å². The maximum atomic E-state index is 12.8. The Morgan fingerprint density at radius 3 is 3.00 bits per heavy atom. The summed E-state index contributed by atoms with van der Waals surface area (Å²) in [5.41, 5.74) is 0.478. The standard InChI is InChI=1S/C15H23N5O2/c21-15(19-8-9-22-14-3-1-2-13(14)19)12-10-20(18-17-12)11-4-6-16-7-5-11/h10-11,13-14,16H,1-9H2. The minimum absolute atomic E-state index is 0.0142. The second kappa shape index (κ2) is 5.96. The summed E-state index contributed by atoms with van der Waals surface area (Å²) in [4.78, 5) is 14.7. The van der Waals surface area contributed by atoms with E-state index in [1.165, 1.54) is 0 Å². The first-order valence-electron chi connectivity index (χ1n) is 8.38. The molecule has 22 heavy (non-hydrogen) atoms. The Balaban J connectivity index is 1.49. The van der Waals surface area contributed by atoms with E-state index < -0.39 is 0 Å². The van der Waals surface area contributed by atoms with Gasteiger partial charge in [-0.25, -0.2) is 4.68 Å². The molecule has 1 aliphatic carbocycles. The lowest BCUT2D eigenvalue weighted by Crippen LogP contribution is -2.51. The highest BCUT2D eigenvalue weighted by Crippen LogP contribution is 2.30. The molecule has 3 fully saturated rings. The number of nitrogens with zero attached hydrogens (tertiary/aromatic N) is 4. The number of ether oxygens (including phenoxy) is 1. The van der Waals surface area contributed by atoms with Crippen LogP contribution in [0.15, 0.2) is 6.20 Å². The molecule has 3 heterocycles. The largest absolute Gasteiger partial charge is 0.374 e. The van der Waals surface area contributed by atoms with Gasteiger partial charge in [-0.15, -0.1) is 5.10 Å². The van der Waals surface area contributed by atoms with Crippen molar-refractivity contribution in [2.75, 3.05) is 26.2 Å². The van der Waals surface area contributed by atoms with E-state index >= 15 is 0 Å². The molecule has 1 amide bonds. The molecular formula is C15H23N5O2. The van der Waals surface area contributed by atoms with Gasteiger partial charge in [0, 0.05) is 6.54 Å². The average Bonchev–Trinajstić information content (AvgIpc) is 3.24. The second-order valence-corrected chi connectivity index (χ2v) is 6.47. The van der Waals surface area contributed by atoms with Gasteiger partial charge in [0.2, 0.25) is 0 Å². The third kappa shape index (κ3) is 2.52. The van der Waals surface area contributed by atoms with Crippen molar-refractivity contribution in [3.05, 3.63) is 11.9 Å². The van der Waals surface area contributed by atoms with E-state index in [1.807, 2.05) is 15.8 Å². The maximum absolute atomic E-state index is 12.8. The molecule has 7 nitrogen and oxygen atoms in total. The van der Waals surface area contributed by atoms with E-state index in [0.717, 1.165) is 45.2 Å². The van der Waals surface area contributed by atoms with E-state index in [9.17, 15) is 4.79 Å². The molecule has 1 N–H and O–H groups in total. The van der Waals surface area contributed by atoms with Crippen LogP contribution >= 0.6 is 0 Å². The maximum Gasteiger partial charge on any atom is 0.276 e. The first kappa shape index (κ1) is 14.1. The Morgan fingerprint density at radius 2 is 2.14 bits per heavy atom. The molecule has 2 unspecified atom stereocenters. The van der Waals surface area contributed by atoms with Crippen molar-refractivity contribution in [1.29, 1.82) is 0 Å². The highest BCUT2D eigenvalue weighted by Gasteiger charge is 2.39. The molecule has 3 aliphatic rings. The summed E-state index contributed by atoms with van der Waals surface area (Å²) in [6.45, 7) is 3.30. The number of aromatic nitrogens is 3. The van der Waals surface area contributed by atoms with Crippen LogP contribution in [0.4, 0.5) is 0 Å². The lowest BCUT2D eigenvalue weighted by molar-refractivity contribution is -0.0447. The quantitative estimate of drug-likeness (QED) is 0.866. The molecule has 1 aromatic rings. The van der Waals surface area contributed by atoms with Gasteiger partial charge in [-0.2, -0.15) is 0 Å². The summed E-state index contributed by atoms with van der Waals surface area (Å²) in [5.74, 6) is 0.0142. The number of hydrogen-bond donors (Lipinski definition) is 1. The Labute approximate surface area is 130 Å². The van der Waals surface area contributed by atoms with Crippen LogP contribution in [0.1, 0.15) is 48.6 Å².